The van der Waals surface area contributed by atoms with E-state index in [-0.39, 0.29) is 24.1 Å². The standard InChI is InChI=1S/C19H26N6O3/c1-3-24-8-10-25(11-9-24)19-22-16(18(28)23-19)12-17(27)21-15-6-4-14(5-7-15)20-13(2)26/h4-7,16H,3,8-12H2,1-2H3,(H,20,26)(H,21,27)(H,22,23,28)/t16-/m0/s1. The second-order valence-corrected chi connectivity index (χ2v) is 6.89. The van der Waals surface area contributed by atoms with Crippen LogP contribution in [0.2, 0.25) is 0 Å². The molecule has 0 bridgehead atoms. The first-order valence-electron chi connectivity index (χ1n) is 9.48. The third-order valence-corrected chi connectivity index (χ3v) is 4.80. The number of carbonyl (C=O) groups is 3. The summed E-state index contributed by atoms with van der Waals surface area (Å²) < 4.78 is 0. The molecule has 9 nitrogen and oxygen atoms in total. The van der Waals surface area contributed by atoms with Crippen LogP contribution in [-0.4, -0.2) is 72.2 Å². The maximum Gasteiger partial charge on any atom is 0.252 e. The van der Waals surface area contributed by atoms with Crippen LogP contribution in [0.3, 0.4) is 0 Å². The number of anilines is 2. The molecule has 0 unspecified atom stereocenters. The van der Waals surface area contributed by atoms with E-state index < -0.39 is 6.04 Å². The van der Waals surface area contributed by atoms with Crippen molar-refractivity contribution >= 4 is 35.1 Å². The Morgan fingerprint density at radius 3 is 2.29 bits per heavy atom. The van der Waals surface area contributed by atoms with Crippen molar-refractivity contribution in [3.63, 3.8) is 0 Å². The fourth-order valence-electron chi connectivity index (χ4n) is 3.23. The van der Waals surface area contributed by atoms with E-state index in [9.17, 15) is 14.4 Å². The number of carbonyl (C=O) groups excluding carboxylic acids is 3. The van der Waals surface area contributed by atoms with Crippen LogP contribution in [0.25, 0.3) is 0 Å². The Hall–Kier alpha value is -2.94. The van der Waals surface area contributed by atoms with Gasteiger partial charge < -0.3 is 20.4 Å². The first kappa shape index (κ1) is 19.8. The molecule has 0 saturated carbocycles. The molecular weight excluding hydrogens is 360 g/mol. The molecule has 1 aromatic carbocycles. The van der Waals surface area contributed by atoms with Crippen LogP contribution in [0.15, 0.2) is 29.3 Å². The van der Waals surface area contributed by atoms with Gasteiger partial charge >= 0.3 is 0 Å². The summed E-state index contributed by atoms with van der Waals surface area (Å²) >= 11 is 0. The third-order valence-electron chi connectivity index (χ3n) is 4.80. The number of hydrogen-bond acceptors (Lipinski definition) is 6. The zero-order chi connectivity index (χ0) is 20.1. The topological polar surface area (TPSA) is 106 Å². The molecule has 0 aromatic heterocycles. The predicted octanol–water partition coefficient (Wildman–Crippen LogP) is 0.466. The number of nitrogens with one attached hydrogen (secondary N) is 3. The molecule has 0 aliphatic carbocycles. The predicted molar refractivity (Wildman–Crippen MR) is 107 cm³/mol. The van der Waals surface area contributed by atoms with Gasteiger partial charge in [0.1, 0.15) is 6.04 Å². The van der Waals surface area contributed by atoms with E-state index in [0.717, 1.165) is 32.7 Å². The van der Waals surface area contributed by atoms with Crippen molar-refractivity contribution in [3.8, 4) is 0 Å². The van der Waals surface area contributed by atoms with Crippen LogP contribution in [0.1, 0.15) is 20.3 Å². The van der Waals surface area contributed by atoms with Crippen molar-refractivity contribution in [3.05, 3.63) is 24.3 Å². The SMILES string of the molecule is CCN1CCN(C2=N[C@@H](CC(=O)Nc3ccc(NC(C)=O)cc3)C(=O)N2)CC1. The third kappa shape index (κ3) is 5.07. The van der Waals surface area contributed by atoms with Gasteiger partial charge in [-0.2, -0.15) is 0 Å². The number of rotatable bonds is 5. The van der Waals surface area contributed by atoms with Crippen LogP contribution in [0, 0.1) is 0 Å². The zero-order valence-electron chi connectivity index (χ0n) is 16.2. The van der Waals surface area contributed by atoms with E-state index in [0.29, 0.717) is 17.3 Å². The molecule has 1 fully saturated rings. The summed E-state index contributed by atoms with van der Waals surface area (Å²) in [6, 6.07) is 6.08. The van der Waals surface area contributed by atoms with Crippen molar-refractivity contribution in [2.24, 2.45) is 4.99 Å². The normalized spacial score (nSPS) is 19.8. The largest absolute Gasteiger partial charge is 0.340 e. The molecule has 0 spiro atoms. The first-order valence-corrected chi connectivity index (χ1v) is 9.48. The average molecular weight is 386 g/mol. The van der Waals surface area contributed by atoms with Gasteiger partial charge in [-0.3, -0.25) is 19.7 Å². The Kier molecular flexibility index (Phi) is 6.25. The number of amides is 3. The smallest absolute Gasteiger partial charge is 0.252 e. The lowest BCUT2D eigenvalue weighted by Crippen LogP contribution is -2.51. The van der Waals surface area contributed by atoms with Gasteiger partial charge in [0, 0.05) is 44.5 Å². The highest BCUT2D eigenvalue weighted by molar-refractivity contribution is 6.07. The van der Waals surface area contributed by atoms with Gasteiger partial charge in [0.25, 0.3) is 5.91 Å². The molecule has 1 saturated heterocycles. The van der Waals surface area contributed by atoms with Gasteiger partial charge in [-0.15, -0.1) is 0 Å². The Morgan fingerprint density at radius 1 is 1.11 bits per heavy atom. The number of piperazine rings is 1. The number of benzene rings is 1. The monoisotopic (exact) mass is 386 g/mol. The van der Waals surface area contributed by atoms with Crippen LogP contribution >= 0.6 is 0 Å². The molecule has 0 radical (unpaired) electrons. The number of guanidine groups is 1. The van der Waals surface area contributed by atoms with Crippen molar-refractivity contribution in [2.75, 3.05) is 43.4 Å². The van der Waals surface area contributed by atoms with E-state index in [1.54, 1.807) is 24.3 Å². The van der Waals surface area contributed by atoms with Crippen molar-refractivity contribution in [2.45, 2.75) is 26.3 Å². The molecule has 3 rings (SSSR count). The second-order valence-electron chi connectivity index (χ2n) is 6.89. The Labute approximate surface area is 164 Å². The molecule has 28 heavy (non-hydrogen) atoms. The lowest BCUT2D eigenvalue weighted by Gasteiger charge is -2.34. The minimum absolute atomic E-state index is 0.0162. The molecule has 3 N–H and O–H groups in total. The fraction of sp³-hybridized carbons (Fsp3) is 0.474. The van der Waals surface area contributed by atoms with E-state index >= 15 is 0 Å². The number of likely N-dealkylation sites (N-methyl/N-ethyl adjacent to an activating group) is 1. The lowest BCUT2D eigenvalue weighted by molar-refractivity contribution is -0.124. The minimum atomic E-state index is -0.710. The number of nitrogens with zero attached hydrogens (tertiary/aromatic N) is 3. The molecule has 2 heterocycles. The summed E-state index contributed by atoms with van der Waals surface area (Å²) in [4.78, 5) is 44.4. The molecule has 1 atom stereocenters. The van der Waals surface area contributed by atoms with Crippen molar-refractivity contribution in [1.29, 1.82) is 0 Å². The maximum atomic E-state index is 12.3. The molecule has 150 valence electrons. The van der Waals surface area contributed by atoms with Gasteiger partial charge in [0.2, 0.25) is 17.8 Å². The highest BCUT2D eigenvalue weighted by Crippen LogP contribution is 2.15. The van der Waals surface area contributed by atoms with E-state index in [1.165, 1.54) is 6.92 Å². The molecular formula is C19H26N6O3. The van der Waals surface area contributed by atoms with Crippen LogP contribution < -0.4 is 16.0 Å². The van der Waals surface area contributed by atoms with Gasteiger partial charge in [0.05, 0.1) is 6.42 Å². The van der Waals surface area contributed by atoms with Gasteiger partial charge in [0.15, 0.2) is 0 Å². The number of hydrogen-bond donors (Lipinski definition) is 3. The van der Waals surface area contributed by atoms with E-state index in [1.807, 2.05) is 0 Å². The summed E-state index contributed by atoms with van der Waals surface area (Å²) in [5.74, 6) is -0.121. The van der Waals surface area contributed by atoms with Gasteiger partial charge in [-0.25, -0.2) is 4.99 Å². The Bertz CT molecular complexity index is 768. The van der Waals surface area contributed by atoms with Crippen LogP contribution in [0.4, 0.5) is 11.4 Å². The van der Waals surface area contributed by atoms with E-state index in [2.05, 4.69) is 37.7 Å². The fourth-order valence-corrected chi connectivity index (χ4v) is 3.23. The summed E-state index contributed by atoms with van der Waals surface area (Å²) in [5, 5.41) is 8.22. The summed E-state index contributed by atoms with van der Waals surface area (Å²) in [7, 11) is 0. The number of aliphatic imine (C=N–C) groups is 1. The van der Waals surface area contributed by atoms with Gasteiger partial charge in [-0.1, -0.05) is 6.92 Å². The first-order chi connectivity index (χ1) is 13.4. The van der Waals surface area contributed by atoms with Crippen LogP contribution in [0.5, 0.6) is 0 Å². The second kappa shape index (κ2) is 8.83. The molecule has 3 amide bonds. The van der Waals surface area contributed by atoms with Crippen LogP contribution in [-0.2, 0) is 14.4 Å². The summed E-state index contributed by atoms with van der Waals surface area (Å²) in [5.41, 5.74) is 1.25. The highest BCUT2D eigenvalue weighted by atomic mass is 16.2. The molecule has 2 aliphatic rings. The Balaban J connectivity index is 1.53. The Morgan fingerprint density at radius 2 is 1.71 bits per heavy atom. The van der Waals surface area contributed by atoms with Gasteiger partial charge in [-0.05, 0) is 30.8 Å². The average Bonchev–Trinajstić information content (AvgIpc) is 3.03. The summed E-state index contributed by atoms with van der Waals surface area (Å²) in [6.07, 6.45) is -0.0162. The van der Waals surface area contributed by atoms with E-state index in [4.69, 9.17) is 0 Å². The molecule has 1 aromatic rings. The van der Waals surface area contributed by atoms with Crippen molar-refractivity contribution < 1.29 is 14.4 Å². The zero-order valence-corrected chi connectivity index (χ0v) is 16.2. The maximum absolute atomic E-state index is 12.3. The highest BCUT2D eigenvalue weighted by Gasteiger charge is 2.32. The lowest BCUT2D eigenvalue weighted by atomic mass is 10.2. The quantitative estimate of drug-likeness (QED) is 0.682. The molecule has 9 heteroatoms. The summed E-state index contributed by atoms with van der Waals surface area (Å²) in [6.45, 7) is 8.07. The molecule has 2 aliphatic heterocycles. The van der Waals surface area contributed by atoms with Crippen molar-refractivity contribution in [1.82, 2.24) is 15.1 Å². The minimum Gasteiger partial charge on any atom is -0.340 e.